The van der Waals surface area contributed by atoms with E-state index in [-0.39, 0.29) is 17.8 Å². The van der Waals surface area contributed by atoms with Gasteiger partial charge in [0.15, 0.2) is 5.76 Å². The molecule has 1 saturated heterocycles. The molecule has 21 heavy (non-hydrogen) atoms. The van der Waals surface area contributed by atoms with E-state index in [4.69, 9.17) is 13.9 Å². The lowest BCUT2D eigenvalue weighted by atomic mass is 9.74. The Hall–Kier alpha value is -1.82. The minimum absolute atomic E-state index is 0.175. The molecule has 1 spiro atoms. The molecule has 2 aliphatic rings. The zero-order valence-corrected chi connectivity index (χ0v) is 12.3. The maximum Gasteiger partial charge on any atom is 0.309 e. The van der Waals surface area contributed by atoms with Gasteiger partial charge in [0.2, 0.25) is 0 Å². The van der Waals surface area contributed by atoms with Crippen LogP contribution in [-0.2, 0) is 14.3 Å². The van der Waals surface area contributed by atoms with Crippen LogP contribution in [0.2, 0.25) is 0 Å². The third-order valence-corrected chi connectivity index (χ3v) is 4.25. The summed E-state index contributed by atoms with van der Waals surface area (Å²) in [5.41, 5.74) is -0.672. The Balaban J connectivity index is 1.77. The minimum atomic E-state index is -0.672. The van der Waals surface area contributed by atoms with Gasteiger partial charge in [-0.1, -0.05) is 0 Å². The van der Waals surface area contributed by atoms with Crippen LogP contribution in [0.5, 0.6) is 0 Å². The third-order valence-electron chi connectivity index (χ3n) is 4.25. The van der Waals surface area contributed by atoms with Crippen molar-refractivity contribution in [3.63, 3.8) is 0 Å². The molecule has 0 unspecified atom stereocenters. The molecule has 0 bridgehead atoms. The highest BCUT2D eigenvalue weighted by Crippen LogP contribution is 2.46. The minimum Gasteiger partial charge on any atom is -0.469 e. The van der Waals surface area contributed by atoms with Crippen molar-refractivity contribution < 1.29 is 23.5 Å². The summed E-state index contributed by atoms with van der Waals surface area (Å²) >= 11 is 0. The van der Waals surface area contributed by atoms with E-state index in [0.29, 0.717) is 37.5 Å². The molecule has 0 N–H and O–H groups in total. The van der Waals surface area contributed by atoms with E-state index in [1.165, 1.54) is 7.11 Å². The molecule has 6 nitrogen and oxygen atoms in total. The lowest BCUT2D eigenvalue weighted by Gasteiger charge is -2.54. The summed E-state index contributed by atoms with van der Waals surface area (Å²) < 4.78 is 16.0. The zero-order chi connectivity index (χ0) is 15.0. The van der Waals surface area contributed by atoms with Gasteiger partial charge in [0.05, 0.1) is 19.6 Å². The smallest absolute Gasteiger partial charge is 0.309 e. The van der Waals surface area contributed by atoms with Crippen LogP contribution >= 0.6 is 0 Å². The number of furan rings is 1. The van der Waals surface area contributed by atoms with E-state index in [1.54, 1.807) is 24.0 Å². The van der Waals surface area contributed by atoms with Crippen molar-refractivity contribution in [1.82, 2.24) is 4.90 Å². The van der Waals surface area contributed by atoms with Crippen LogP contribution in [0.3, 0.4) is 0 Å². The molecular weight excluding hydrogens is 274 g/mol. The van der Waals surface area contributed by atoms with Gasteiger partial charge in [-0.3, -0.25) is 9.59 Å². The molecule has 1 aliphatic carbocycles. The van der Waals surface area contributed by atoms with Crippen LogP contribution in [0.4, 0.5) is 0 Å². The van der Waals surface area contributed by atoms with Crippen LogP contribution in [0.15, 0.2) is 16.5 Å². The Morgan fingerprint density at radius 2 is 2.14 bits per heavy atom. The molecule has 1 amide bonds. The molecule has 1 aromatic rings. The summed E-state index contributed by atoms with van der Waals surface area (Å²) in [4.78, 5) is 25.9. The molecule has 114 valence electrons. The lowest BCUT2D eigenvalue weighted by Crippen LogP contribution is -2.64. The van der Waals surface area contributed by atoms with Gasteiger partial charge in [-0.25, -0.2) is 0 Å². The largest absolute Gasteiger partial charge is 0.469 e. The molecule has 2 heterocycles. The zero-order valence-electron chi connectivity index (χ0n) is 12.3. The molecule has 0 atom stereocenters. The standard InChI is InChI=1S/C15H19NO5/c1-10-4-5-12(21-10)13(17)16-6-3-7-20-15(16)8-11(9-15)14(18)19-2/h4-5,11H,3,6-9H2,1-2H3. The quantitative estimate of drug-likeness (QED) is 0.777. The Morgan fingerprint density at radius 3 is 2.76 bits per heavy atom. The normalized spacial score (nSPS) is 28.3. The molecule has 6 heteroatoms. The van der Waals surface area contributed by atoms with Crippen molar-refractivity contribution in [3.8, 4) is 0 Å². The number of carbonyl (C=O) groups is 2. The second kappa shape index (κ2) is 5.18. The predicted molar refractivity (Wildman–Crippen MR) is 72.5 cm³/mol. The van der Waals surface area contributed by atoms with E-state index in [2.05, 4.69) is 0 Å². The molecule has 3 rings (SSSR count). The van der Waals surface area contributed by atoms with Gasteiger partial charge in [0.1, 0.15) is 11.5 Å². The number of nitrogens with zero attached hydrogens (tertiary/aromatic N) is 1. The van der Waals surface area contributed by atoms with Crippen LogP contribution in [-0.4, -0.2) is 42.8 Å². The Bertz CT molecular complexity index is 558. The van der Waals surface area contributed by atoms with E-state index in [1.807, 2.05) is 0 Å². The second-order valence-corrected chi connectivity index (χ2v) is 5.64. The van der Waals surface area contributed by atoms with Crippen molar-refractivity contribution >= 4 is 11.9 Å². The number of methoxy groups -OCH3 is 1. The molecule has 0 aromatic carbocycles. The fourth-order valence-corrected chi connectivity index (χ4v) is 3.12. The monoisotopic (exact) mass is 293 g/mol. The van der Waals surface area contributed by atoms with Gasteiger partial charge in [-0.15, -0.1) is 0 Å². The van der Waals surface area contributed by atoms with Crippen molar-refractivity contribution in [1.29, 1.82) is 0 Å². The fraction of sp³-hybridized carbons (Fsp3) is 0.600. The van der Waals surface area contributed by atoms with E-state index in [9.17, 15) is 9.59 Å². The summed E-state index contributed by atoms with van der Waals surface area (Å²) in [6, 6.07) is 3.44. The lowest BCUT2D eigenvalue weighted by molar-refractivity contribution is -0.232. The third kappa shape index (κ3) is 2.33. The van der Waals surface area contributed by atoms with Crippen LogP contribution < -0.4 is 0 Å². The van der Waals surface area contributed by atoms with Crippen molar-refractivity contribution in [2.24, 2.45) is 5.92 Å². The second-order valence-electron chi connectivity index (χ2n) is 5.64. The summed E-state index contributed by atoms with van der Waals surface area (Å²) in [7, 11) is 1.38. The number of amides is 1. The number of hydrogen-bond acceptors (Lipinski definition) is 5. The van der Waals surface area contributed by atoms with Gasteiger partial charge < -0.3 is 18.8 Å². The Kier molecular flexibility index (Phi) is 3.49. The van der Waals surface area contributed by atoms with Crippen molar-refractivity contribution in [2.75, 3.05) is 20.3 Å². The molecular formula is C15H19NO5. The molecule has 0 radical (unpaired) electrons. The highest BCUT2D eigenvalue weighted by atomic mass is 16.5. The first-order chi connectivity index (χ1) is 10.1. The number of hydrogen-bond donors (Lipinski definition) is 0. The Labute approximate surface area is 123 Å². The van der Waals surface area contributed by atoms with Gasteiger partial charge in [-0.05, 0) is 25.5 Å². The average Bonchev–Trinajstić information content (AvgIpc) is 2.89. The summed E-state index contributed by atoms with van der Waals surface area (Å²) in [5, 5.41) is 0. The topological polar surface area (TPSA) is 69.0 Å². The SMILES string of the molecule is COC(=O)C1CC2(C1)OCCCN2C(=O)c1ccc(C)o1. The van der Waals surface area contributed by atoms with Crippen molar-refractivity contribution in [3.05, 3.63) is 23.7 Å². The van der Waals surface area contributed by atoms with E-state index in [0.717, 1.165) is 6.42 Å². The maximum absolute atomic E-state index is 12.6. The highest BCUT2D eigenvalue weighted by molar-refractivity contribution is 5.92. The molecule has 2 fully saturated rings. The number of esters is 1. The predicted octanol–water partition coefficient (Wildman–Crippen LogP) is 1.73. The highest BCUT2D eigenvalue weighted by Gasteiger charge is 2.56. The maximum atomic E-state index is 12.6. The van der Waals surface area contributed by atoms with Gasteiger partial charge in [-0.2, -0.15) is 0 Å². The first-order valence-electron chi connectivity index (χ1n) is 7.16. The number of ether oxygens (including phenoxy) is 2. The van der Waals surface area contributed by atoms with Gasteiger partial charge in [0, 0.05) is 19.4 Å². The molecule has 1 saturated carbocycles. The van der Waals surface area contributed by atoms with Gasteiger partial charge >= 0.3 is 5.97 Å². The van der Waals surface area contributed by atoms with Crippen LogP contribution in [0, 0.1) is 12.8 Å². The van der Waals surface area contributed by atoms with Gasteiger partial charge in [0.25, 0.3) is 5.91 Å². The van der Waals surface area contributed by atoms with Crippen LogP contribution in [0.25, 0.3) is 0 Å². The number of carbonyl (C=O) groups excluding carboxylic acids is 2. The van der Waals surface area contributed by atoms with E-state index < -0.39 is 5.72 Å². The number of aryl methyl sites for hydroxylation is 1. The number of rotatable bonds is 2. The Morgan fingerprint density at radius 1 is 1.38 bits per heavy atom. The first-order valence-corrected chi connectivity index (χ1v) is 7.16. The summed E-state index contributed by atoms with van der Waals surface area (Å²) in [5.74, 6) is 0.411. The summed E-state index contributed by atoms with van der Waals surface area (Å²) in [6.07, 6.45) is 1.77. The van der Waals surface area contributed by atoms with Crippen molar-refractivity contribution in [2.45, 2.75) is 31.9 Å². The molecule has 1 aliphatic heterocycles. The fourth-order valence-electron chi connectivity index (χ4n) is 3.12. The van der Waals surface area contributed by atoms with Crippen LogP contribution in [0.1, 0.15) is 35.6 Å². The molecule has 1 aromatic heterocycles. The summed E-state index contributed by atoms with van der Waals surface area (Å²) in [6.45, 7) is 3.03. The average molecular weight is 293 g/mol. The first kappa shape index (κ1) is 14.1. The van der Waals surface area contributed by atoms with E-state index >= 15 is 0 Å².